The van der Waals surface area contributed by atoms with Crippen LogP contribution in [0.25, 0.3) is 11.4 Å². The first kappa shape index (κ1) is 22.2. The molecule has 0 spiro atoms. The highest BCUT2D eigenvalue weighted by atomic mass is 35.5. The second-order valence-corrected chi connectivity index (χ2v) is 9.40. The third-order valence-corrected chi connectivity index (χ3v) is 6.94. The maximum atomic E-state index is 14.3. The molecule has 1 aliphatic rings. The molecule has 2 heterocycles. The van der Waals surface area contributed by atoms with Crippen molar-refractivity contribution in [1.82, 2.24) is 14.8 Å². The van der Waals surface area contributed by atoms with E-state index in [2.05, 4.69) is 19.7 Å². The molecule has 1 aromatic heterocycles. The van der Waals surface area contributed by atoms with Crippen molar-refractivity contribution in [2.45, 2.75) is 37.1 Å². The molecule has 32 heavy (non-hydrogen) atoms. The molecule has 8 nitrogen and oxygen atoms in total. The lowest BCUT2D eigenvalue weighted by Gasteiger charge is -2.13. The lowest BCUT2D eigenvalue weighted by atomic mass is 10.2. The number of benzene rings is 2. The maximum Gasteiger partial charge on any atom is 0.337 e. The minimum atomic E-state index is -4.35. The highest BCUT2D eigenvalue weighted by Gasteiger charge is 2.23. The summed E-state index contributed by atoms with van der Waals surface area (Å²) >= 11 is 6.39. The Balaban J connectivity index is 1.70. The zero-order chi connectivity index (χ0) is 22.9. The molecule has 2 aromatic carbocycles. The molecule has 0 aliphatic carbocycles. The van der Waals surface area contributed by atoms with Crippen molar-refractivity contribution in [2.24, 2.45) is 0 Å². The predicted molar refractivity (Wildman–Crippen MR) is 117 cm³/mol. The van der Waals surface area contributed by atoms with Crippen molar-refractivity contribution >= 4 is 33.3 Å². The number of hydrogen-bond acceptors (Lipinski definition) is 6. The van der Waals surface area contributed by atoms with Gasteiger partial charge in [-0.1, -0.05) is 18.0 Å². The van der Waals surface area contributed by atoms with Crippen molar-refractivity contribution in [2.75, 3.05) is 11.8 Å². The molecule has 0 bridgehead atoms. The van der Waals surface area contributed by atoms with Gasteiger partial charge >= 0.3 is 5.97 Å². The third kappa shape index (κ3) is 4.33. The van der Waals surface area contributed by atoms with E-state index in [0.29, 0.717) is 16.4 Å². The minimum absolute atomic E-state index is 0.0859. The summed E-state index contributed by atoms with van der Waals surface area (Å²) in [6.07, 6.45) is 3.92. The molecule has 0 amide bonds. The number of ether oxygens (including phenoxy) is 1. The van der Waals surface area contributed by atoms with Crippen LogP contribution >= 0.6 is 11.6 Å². The van der Waals surface area contributed by atoms with Gasteiger partial charge in [0.25, 0.3) is 10.0 Å². The van der Waals surface area contributed by atoms with Gasteiger partial charge in [0.2, 0.25) is 0 Å². The number of aromatic nitrogens is 3. The fraction of sp³-hybridized carbons (Fsp3) is 0.286. The van der Waals surface area contributed by atoms with Gasteiger partial charge in [-0.05, 0) is 49.2 Å². The number of hydrogen-bond donors (Lipinski definition) is 1. The van der Waals surface area contributed by atoms with Gasteiger partial charge in [0.05, 0.1) is 17.7 Å². The number of esters is 1. The van der Waals surface area contributed by atoms with Gasteiger partial charge in [-0.3, -0.25) is 4.72 Å². The molecule has 0 atom stereocenters. The number of methoxy groups -OCH3 is 1. The van der Waals surface area contributed by atoms with E-state index in [-0.39, 0.29) is 11.3 Å². The molecule has 0 unspecified atom stereocenters. The summed E-state index contributed by atoms with van der Waals surface area (Å²) in [6, 6.07) is 7.51. The third-order valence-electron chi connectivity index (χ3n) is 5.21. The topological polar surface area (TPSA) is 103 Å². The number of fused-ring (bicyclic) bond motifs is 1. The number of anilines is 1. The van der Waals surface area contributed by atoms with Crippen LogP contribution in [0.4, 0.5) is 10.1 Å². The minimum Gasteiger partial charge on any atom is -0.465 e. The van der Waals surface area contributed by atoms with E-state index in [0.717, 1.165) is 63.4 Å². The van der Waals surface area contributed by atoms with E-state index < -0.39 is 26.7 Å². The summed E-state index contributed by atoms with van der Waals surface area (Å²) in [4.78, 5) is 11.1. The molecule has 3 aromatic rings. The number of rotatable bonds is 5. The SMILES string of the molecule is COC(=O)c1ccc(F)c(S(=O)(=O)Nc2ccc(Cl)c(-c3nnc4n3CCCCC4)c2)c1. The summed E-state index contributed by atoms with van der Waals surface area (Å²) in [5.41, 5.74) is 0.590. The van der Waals surface area contributed by atoms with Crippen LogP contribution in [0, 0.1) is 5.82 Å². The highest BCUT2D eigenvalue weighted by molar-refractivity contribution is 7.92. The van der Waals surface area contributed by atoms with Crippen LogP contribution in [-0.2, 0) is 27.7 Å². The van der Waals surface area contributed by atoms with Crippen molar-refractivity contribution in [3.8, 4) is 11.4 Å². The molecular formula is C21H20ClFN4O4S. The lowest BCUT2D eigenvalue weighted by Crippen LogP contribution is -2.16. The molecule has 11 heteroatoms. The van der Waals surface area contributed by atoms with Crippen molar-refractivity contribution in [1.29, 1.82) is 0 Å². The average Bonchev–Trinajstić information content (AvgIpc) is 3.02. The maximum absolute atomic E-state index is 14.3. The van der Waals surface area contributed by atoms with Gasteiger partial charge < -0.3 is 9.30 Å². The highest BCUT2D eigenvalue weighted by Crippen LogP contribution is 2.32. The molecule has 0 radical (unpaired) electrons. The molecule has 168 valence electrons. The first-order valence-corrected chi connectivity index (χ1v) is 11.8. The fourth-order valence-corrected chi connectivity index (χ4v) is 4.96. The smallest absolute Gasteiger partial charge is 0.337 e. The van der Waals surface area contributed by atoms with E-state index >= 15 is 0 Å². The second-order valence-electron chi connectivity index (χ2n) is 7.34. The molecule has 1 N–H and O–H groups in total. The number of carbonyl (C=O) groups is 1. The Morgan fingerprint density at radius 3 is 2.75 bits per heavy atom. The summed E-state index contributed by atoms with van der Waals surface area (Å²) in [6.45, 7) is 0.746. The molecule has 0 saturated heterocycles. The predicted octanol–water partition coefficient (Wildman–Crippen LogP) is 4.05. The van der Waals surface area contributed by atoms with Gasteiger partial charge in [-0.25, -0.2) is 17.6 Å². The van der Waals surface area contributed by atoms with Gasteiger partial charge in [-0.15, -0.1) is 10.2 Å². The van der Waals surface area contributed by atoms with Crippen LogP contribution in [0.15, 0.2) is 41.3 Å². The number of carbonyl (C=O) groups excluding carboxylic acids is 1. The monoisotopic (exact) mass is 478 g/mol. The Morgan fingerprint density at radius 2 is 1.97 bits per heavy atom. The molecular weight excluding hydrogens is 459 g/mol. The number of nitrogens with one attached hydrogen (secondary N) is 1. The lowest BCUT2D eigenvalue weighted by molar-refractivity contribution is 0.0600. The van der Waals surface area contributed by atoms with Crippen LogP contribution < -0.4 is 4.72 Å². The normalized spacial score (nSPS) is 13.8. The van der Waals surface area contributed by atoms with Crippen LogP contribution in [0.5, 0.6) is 0 Å². The summed E-state index contributed by atoms with van der Waals surface area (Å²) in [5, 5.41) is 8.90. The van der Waals surface area contributed by atoms with Gasteiger partial charge in [0, 0.05) is 24.2 Å². The molecule has 0 saturated carbocycles. The molecule has 4 rings (SSSR count). The largest absolute Gasteiger partial charge is 0.465 e. The second kappa shape index (κ2) is 8.87. The molecule has 0 fully saturated rings. The Hall–Kier alpha value is -2.98. The first-order valence-electron chi connectivity index (χ1n) is 9.93. The van der Waals surface area contributed by atoms with Crippen LogP contribution in [-0.4, -0.2) is 36.3 Å². The summed E-state index contributed by atoms with van der Waals surface area (Å²) < 4.78 is 49.0. The van der Waals surface area contributed by atoms with Crippen molar-refractivity contribution in [3.63, 3.8) is 0 Å². The first-order chi connectivity index (χ1) is 15.3. The summed E-state index contributed by atoms with van der Waals surface area (Å²) in [7, 11) is -3.20. The van der Waals surface area contributed by atoms with E-state index in [9.17, 15) is 17.6 Å². The van der Waals surface area contributed by atoms with E-state index in [1.807, 2.05) is 4.57 Å². The van der Waals surface area contributed by atoms with Crippen molar-refractivity contribution < 1.29 is 22.3 Å². The number of sulfonamides is 1. The average molecular weight is 479 g/mol. The quantitative estimate of drug-likeness (QED) is 0.555. The fourth-order valence-electron chi connectivity index (χ4n) is 3.61. The molecule has 1 aliphatic heterocycles. The Bertz CT molecular complexity index is 1290. The number of halogens is 2. The van der Waals surface area contributed by atoms with Crippen molar-refractivity contribution in [3.05, 3.63) is 58.6 Å². The number of aryl methyl sites for hydroxylation is 1. The zero-order valence-corrected chi connectivity index (χ0v) is 18.7. The summed E-state index contributed by atoms with van der Waals surface area (Å²) in [5.74, 6) is -0.363. The number of nitrogens with zero attached hydrogens (tertiary/aromatic N) is 3. The standard InChI is InChI=1S/C21H20ClFN4O4S/c1-31-21(28)13-6-9-17(23)18(11-13)32(29,30)26-14-7-8-16(22)15(12-14)20-25-24-19-5-3-2-4-10-27(19)20/h6-9,11-12,26H,2-5,10H2,1H3. The zero-order valence-electron chi connectivity index (χ0n) is 17.1. The van der Waals surface area contributed by atoms with Crippen LogP contribution in [0.3, 0.4) is 0 Å². The Kier molecular flexibility index (Phi) is 6.16. The van der Waals surface area contributed by atoms with Gasteiger partial charge in [0.15, 0.2) is 5.82 Å². The van der Waals surface area contributed by atoms with E-state index in [4.69, 9.17) is 11.6 Å². The van der Waals surface area contributed by atoms with Crippen LogP contribution in [0.2, 0.25) is 5.02 Å². The van der Waals surface area contributed by atoms with E-state index in [1.54, 1.807) is 0 Å². The van der Waals surface area contributed by atoms with Gasteiger partial charge in [-0.2, -0.15) is 0 Å². The van der Waals surface area contributed by atoms with E-state index in [1.165, 1.54) is 18.2 Å². The van der Waals surface area contributed by atoms with Crippen LogP contribution in [0.1, 0.15) is 35.4 Å². The van der Waals surface area contributed by atoms with Gasteiger partial charge in [0.1, 0.15) is 16.5 Å². The Labute approximate surface area is 189 Å². The Morgan fingerprint density at radius 1 is 1.16 bits per heavy atom.